The molecule has 1 heterocycles. The summed E-state index contributed by atoms with van der Waals surface area (Å²) in [6.45, 7) is 6.29. The Balaban J connectivity index is 0.00000338. The van der Waals surface area contributed by atoms with Crippen LogP contribution in [-0.2, 0) is 6.54 Å². The molecule has 0 saturated carbocycles. The monoisotopic (exact) mass is 489 g/mol. The highest BCUT2D eigenvalue weighted by Crippen LogP contribution is 2.28. The first-order valence-electron chi connectivity index (χ1n) is 8.45. The first kappa shape index (κ1) is 22.6. The first-order chi connectivity index (χ1) is 12.2. The fourth-order valence-corrected chi connectivity index (χ4v) is 3.21. The molecule has 2 N–H and O–H groups in total. The van der Waals surface area contributed by atoms with Gasteiger partial charge in [0.1, 0.15) is 0 Å². The number of halogens is 1. The van der Waals surface area contributed by atoms with E-state index in [1.165, 1.54) is 4.88 Å². The van der Waals surface area contributed by atoms with Crippen LogP contribution in [0.5, 0.6) is 11.5 Å². The molecule has 7 heteroatoms. The average Bonchev–Trinajstić information content (AvgIpc) is 3.17. The summed E-state index contributed by atoms with van der Waals surface area (Å²) >= 11 is 1.78. The van der Waals surface area contributed by atoms with E-state index < -0.39 is 0 Å². The number of thiophene rings is 1. The van der Waals surface area contributed by atoms with Gasteiger partial charge >= 0.3 is 0 Å². The lowest BCUT2D eigenvalue weighted by molar-refractivity contribution is 0.310. The van der Waals surface area contributed by atoms with Gasteiger partial charge in [-0.25, -0.2) is 0 Å². The third-order valence-electron chi connectivity index (χ3n) is 3.82. The van der Waals surface area contributed by atoms with Crippen LogP contribution >= 0.6 is 35.3 Å². The topological polar surface area (TPSA) is 54.9 Å². The largest absolute Gasteiger partial charge is 0.493 e. The van der Waals surface area contributed by atoms with Crippen molar-refractivity contribution in [1.82, 2.24) is 10.6 Å². The van der Waals surface area contributed by atoms with Crippen molar-refractivity contribution in [2.45, 2.75) is 26.3 Å². The van der Waals surface area contributed by atoms with Crippen molar-refractivity contribution in [1.29, 1.82) is 0 Å². The zero-order valence-electron chi connectivity index (χ0n) is 15.7. The molecule has 0 amide bonds. The quantitative estimate of drug-likeness (QED) is 0.331. The van der Waals surface area contributed by atoms with Gasteiger partial charge in [-0.1, -0.05) is 19.1 Å². The molecule has 0 radical (unpaired) electrons. The fraction of sp³-hybridized carbons (Fsp3) is 0.421. The van der Waals surface area contributed by atoms with E-state index in [1.807, 2.05) is 25.1 Å². The van der Waals surface area contributed by atoms with Gasteiger partial charge in [0.2, 0.25) is 0 Å². The molecule has 0 aliphatic rings. The normalized spacial score (nSPS) is 12.1. The van der Waals surface area contributed by atoms with Gasteiger partial charge in [0.15, 0.2) is 17.5 Å². The SMILES string of the molecule is CCOc1ccc(CNC(=NC)NCC(C)c2cccs2)cc1OC.I. The number of ether oxygens (including phenoxy) is 2. The van der Waals surface area contributed by atoms with E-state index >= 15 is 0 Å². The van der Waals surface area contributed by atoms with Gasteiger partial charge < -0.3 is 20.1 Å². The summed E-state index contributed by atoms with van der Waals surface area (Å²) < 4.78 is 10.9. The Morgan fingerprint density at radius 1 is 1.23 bits per heavy atom. The molecule has 0 aliphatic heterocycles. The molecular formula is C19H28IN3O2S. The second kappa shape index (κ2) is 12.0. The highest BCUT2D eigenvalue weighted by molar-refractivity contribution is 14.0. The number of aliphatic imine (C=N–C) groups is 1. The molecule has 0 spiro atoms. The van der Waals surface area contributed by atoms with Crippen LogP contribution < -0.4 is 20.1 Å². The molecular weight excluding hydrogens is 461 g/mol. The Hall–Kier alpha value is -1.48. The Kier molecular flexibility index (Phi) is 10.4. The summed E-state index contributed by atoms with van der Waals surface area (Å²) in [5.74, 6) is 2.75. The maximum Gasteiger partial charge on any atom is 0.191 e. The van der Waals surface area contributed by atoms with E-state index in [9.17, 15) is 0 Å². The van der Waals surface area contributed by atoms with Crippen LogP contribution in [0.1, 0.15) is 30.2 Å². The van der Waals surface area contributed by atoms with Crippen molar-refractivity contribution >= 4 is 41.3 Å². The summed E-state index contributed by atoms with van der Waals surface area (Å²) in [5.41, 5.74) is 1.11. The lowest BCUT2D eigenvalue weighted by atomic mass is 10.1. The summed E-state index contributed by atoms with van der Waals surface area (Å²) in [5, 5.41) is 8.82. The lowest BCUT2D eigenvalue weighted by Gasteiger charge is -2.16. The minimum absolute atomic E-state index is 0. The molecule has 2 aromatic rings. The summed E-state index contributed by atoms with van der Waals surface area (Å²) in [6, 6.07) is 10.2. The predicted octanol–water partition coefficient (Wildman–Crippen LogP) is 4.24. The highest BCUT2D eigenvalue weighted by atomic mass is 127. The van der Waals surface area contributed by atoms with E-state index in [1.54, 1.807) is 25.5 Å². The standard InChI is InChI=1S/C19H27N3O2S.HI/c1-5-24-16-9-8-15(11-17(16)23-4)13-22-19(20-3)21-12-14(2)18-7-6-10-25-18;/h6-11,14H,5,12-13H2,1-4H3,(H2,20,21,22);1H. The van der Waals surface area contributed by atoms with Crippen molar-refractivity contribution in [3.8, 4) is 11.5 Å². The number of benzene rings is 1. The van der Waals surface area contributed by atoms with Crippen molar-refractivity contribution in [2.24, 2.45) is 4.99 Å². The number of rotatable bonds is 8. The number of hydrogen-bond donors (Lipinski definition) is 2. The van der Waals surface area contributed by atoms with E-state index in [0.717, 1.165) is 29.6 Å². The molecule has 0 saturated heterocycles. The molecule has 1 unspecified atom stereocenters. The zero-order chi connectivity index (χ0) is 18.1. The smallest absolute Gasteiger partial charge is 0.191 e. The average molecular weight is 489 g/mol. The minimum atomic E-state index is 0. The van der Waals surface area contributed by atoms with Crippen molar-refractivity contribution in [3.63, 3.8) is 0 Å². The zero-order valence-corrected chi connectivity index (χ0v) is 18.9. The molecule has 0 bridgehead atoms. The summed E-state index contributed by atoms with van der Waals surface area (Å²) in [4.78, 5) is 5.66. The van der Waals surface area contributed by atoms with Gasteiger partial charge in [0.25, 0.3) is 0 Å². The Labute approximate surface area is 177 Å². The second-order valence-corrected chi connectivity index (χ2v) is 6.62. The van der Waals surface area contributed by atoms with Gasteiger partial charge in [-0.15, -0.1) is 35.3 Å². The maximum atomic E-state index is 5.55. The van der Waals surface area contributed by atoms with Crippen LogP contribution in [0.4, 0.5) is 0 Å². The summed E-state index contributed by atoms with van der Waals surface area (Å²) in [7, 11) is 3.44. The number of methoxy groups -OCH3 is 1. The molecule has 1 aromatic carbocycles. The van der Waals surface area contributed by atoms with E-state index in [-0.39, 0.29) is 24.0 Å². The van der Waals surface area contributed by atoms with E-state index in [0.29, 0.717) is 19.1 Å². The van der Waals surface area contributed by atoms with Crippen LogP contribution in [-0.4, -0.2) is 33.3 Å². The highest BCUT2D eigenvalue weighted by Gasteiger charge is 2.09. The van der Waals surface area contributed by atoms with Gasteiger partial charge in [-0.2, -0.15) is 0 Å². The maximum absolute atomic E-state index is 5.55. The van der Waals surface area contributed by atoms with Crippen LogP contribution in [0.2, 0.25) is 0 Å². The van der Waals surface area contributed by atoms with Crippen molar-refractivity contribution < 1.29 is 9.47 Å². The minimum Gasteiger partial charge on any atom is -0.493 e. The number of nitrogens with zero attached hydrogens (tertiary/aromatic N) is 1. The number of guanidine groups is 1. The van der Waals surface area contributed by atoms with Crippen LogP contribution in [0.3, 0.4) is 0 Å². The number of hydrogen-bond acceptors (Lipinski definition) is 4. The summed E-state index contributed by atoms with van der Waals surface area (Å²) in [6.07, 6.45) is 0. The van der Waals surface area contributed by atoms with Crippen LogP contribution in [0, 0.1) is 0 Å². The fourth-order valence-electron chi connectivity index (χ4n) is 2.43. The van der Waals surface area contributed by atoms with Gasteiger partial charge in [0.05, 0.1) is 13.7 Å². The van der Waals surface area contributed by atoms with E-state index in [4.69, 9.17) is 9.47 Å². The molecule has 26 heavy (non-hydrogen) atoms. The van der Waals surface area contributed by atoms with Gasteiger partial charge in [-0.3, -0.25) is 4.99 Å². The molecule has 0 aliphatic carbocycles. The molecule has 1 atom stereocenters. The predicted molar refractivity (Wildman–Crippen MR) is 121 cm³/mol. The lowest BCUT2D eigenvalue weighted by Crippen LogP contribution is -2.38. The molecule has 2 rings (SSSR count). The third kappa shape index (κ3) is 6.68. The first-order valence-corrected chi connectivity index (χ1v) is 9.33. The second-order valence-electron chi connectivity index (χ2n) is 5.64. The Morgan fingerprint density at radius 3 is 2.65 bits per heavy atom. The van der Waals surface area contributed by atoms with Crippen LogP contribution in [0.15, 0.2) is 40.7 Å². The van der Waals surface area contributed by atoms with Crippen molar-refractivity contribution in [3.05, 3.63) is 46.2 Å². The Morgan fingerprint density at radius 2 is 2.04 bits per heavy atom. The third-order valence-corrected chi connectivity index (χ3v) is 4.92. The van der Waals surface area contributed by atoms with Crippen LogP contribution in [0.25, 0.3) is 0 Å². The molecule has 1 aromatic heterocycles. The Bertz CT molecular complexity index is 677. The van der Waals surface area contributed by atoms with Gasteiger partial charge in [0, 0.05) is 30.9 Å². The number of nitrogens with one attached hydrogen (secondary N) is 2. The van der Waals surface area contributed by atoms with Crippen molar-refractivity contribution in [2.75, 3.05) is 27.3 Å². The molecule has 0 fully saturated rings. The molecule has 144 valence electrons. The van der Waals surface area contributed by atoms with Gasteiger partial charge in [-0.05, 0) is 36.1 Å². The molecule has 5 nitrogen and oxygen atoms in total. The van der Waals surface area contributed by atoms with E-state index in [2.05, 4.69) is 40.1 Å².